The summed E-state index contributed by atoms with van der Waals surface area (Å²) in [5, 5.41) is 13.6. The second kappa shape index (κ2) is 8.18. The number of hydrogen-bond acceptors (Lipinski definition) is 6. The van der Waals surface area contributed by atoms with Gasteiger partial charge in [-0.15, -0.1) is 0 Å². The van der Waals surface area contributed by atoms with E-state index >= 15 is 0 Å². The molecule has 142 valence electrons. The van der Waals surface area contributed by atoms with Crippen LogP contribution in [0.15, 0.2) is 28.8 Å². The fourth-order valence-electron chi connectivity index (χ4n) is 3.08. The van der Waals surface area contributed by atoms with Crippen molar-refractivity contribution in [3.8, 4) is 17.4 Å². The molecule has 0 saturated carbocycles. The Hall–Kier alpha value is -2.92. The lowest BCUT2D eigenvalue weighted by Gasteiger charge is -2.35. The van der Waals surface area contributed by atoms with E-state index in [9.17, 15) is 14.4 Å². The standard InChI is InChI=1S/C19H21FN4O3/c1-3-26-19(25)24-8-6-23(7-9-24)17(12-21)16-11-18(27-22-16)14-10-13(2)4-5-15(14)20/h4-5,10-11,17H,3,6-9H2,1-2H3. The number of ether oxygens (including phenoxy) is 1. The van der Waals surface area contributed by atoms with Crippen LogP contribution in [0.2, 0.25) is 0 Å². The number of nitriles is 1. The fraction of sp³-hybridized carbons (Fsp3) is 0.421. The number of halogens is 1. The molecule has 1 aliphatic heterocycles. The van der Waals surface area contributed by atoms with Gasteiger partial charge in [0.25, 0.3) is 0 Å². The first-order valence-corrected chi connectivity index (χ1v) is 8.82. The van der Waals surface area contributed by atoms with E-state index in [1.165, 1.54) is 6.07 Å². The minimum Gasteiger partial charge on any atom is -0.450 e. The van der Waals surface area contributed by atoms with Crippen molar-refractivity contribution in [3.05, 3.63) is 41.3 Å². The minimum atomic E-state index is -0.625. The maximum atomic E-state index is 14.1. The Labute approximate surface area is 156 Å². The van der Waals surface area contributed by atoms with Crippen molar-refractivity contribution in [2.75, 3.05) is 32.8 Å². The van der Waals surface area contributed by atoms with Crippen LogP contribution < -0.4 is 0 Å². The number of piperazine rings is 1. The maximum absolute atomic E-state index is 14.1. The van der Waals surface area contributed by atoms with E-state index in [1.807, 2.05) is 11.8 Å². The van der Waals surface area contributed by atoms with Crippen LogP contribution in [0, 0.1) is 24.1 Å². The summed E-state index contributed by atoms with van der Waals surface area (Å²) in [6.45, 7) is 5.91. The molecule has 1 fully saturated rings. The molecule has 1 aliphatic rings. The first kappa shape index (κ1) is 18.9. The Bertz CT molecular complexity index is 853. The molecule has 1 atom stereocenters. The first-order chi connectivity index (χ1) is 13.0. The molecule has 1 aromatic carbocycles. The van der Waals surface area contributed by atoms with E-state index in [4.69, 9.17) is 9.26 Å². The van der Waals surface area contributed by atoms with Crippen molar-refractivity contribution in [1.82, 2.24) is 15.0 Å². The number of nitrogens with zero attached hydrogens (tertiary/aromatic N) is 4. The van der Waals surface area contributed by atoms with Crippen molar-refractivity contribution >= 4 is 6.09 Å². The predicted octanol–water partition coefficient (Wildman–Crippen LogP) is 3.13. The average molecular weight is 372 g/mol. The number of aromatic nitrogens is 1. The highest BCUT2D eigenvalue weighted by Crippen LogP contribution is 2.28. The van der Waals surface area contributed by atoms with Gasteiger partial charge < -0.3 is 14.2 Å². The maximum Gasteiger partial charge on any atom is 0.409 e. The van der Waals surface area contributed by atoms with Crippen LogP contribution in [-0.4, -0.2) is 53.8 Å². The lowest BCUT2D eigenvalue weighted by Crippen LogP contribution is -2.49. The normalized spacial score (nSPS) is 16.0. The molecule has 1 unspecified atom stereocenters. The number of benzene rings is 1. The van der Waals surface area contributed by atoms with Gasteiger partial charge in [-0.2, -0.15) is 5.26 Å². The summed E-state index contributed by atoms with van der Waals surface area (Å²) in [7, 11) is 0. The third-order valence-electron chi connectivity index (χ3n) is 4.52. The number of carbonyl (C=O) groups excluding carboxylic acids is 1. The van der Waals surface area contributed by atoms with Crippen molar-refractivity contribution in [3.63, 3.8) is 0 Å². The van der Waals surface area contributed by atoms with E-state index < -0.39 is 11.9 Å². The van der Waals surface area contributed by atoms with Gasteiger partial charge in [0.2, 0.25) is 0 Å². The summed E-state index contributed by atoms with van der Waals surface area (Å²) >= 11 is 0. The highest BCUT2D eigenvalue weighted by Gasteiger charge is 2.29. The van der Waals surface area contributed by atoms with Gasteiger partial charge in [-0.05, 0) is 26.0 Å². The third-order valence-corrected chi connectivity index (χ3v) is 4.52. The SMILES string of the molecule is CCOC(=O)N1CCN(C(C#N)c2cc(-c3cc(C)ccc3F)on2)CC1. The summed E-state index contributed by atoms with van der Waals surface area (Å²) in [6, 6.07) is 7.93. The predicted molar refractivity (Wildman–Crippen MR) is 95.2 cm³/mol. The van der Waals surface area contributed by atoms with Crippen molar-refractivity contribution in [2.45, 2.75) is 19.9 Å². The molecule has 3 rings (SSSR count). The Morgan fingerprint density at radius 2 is 2.11 bits per heavy atom. The van der Waals surface area contributed by atoms with E-state index in [2.05, 4.69) is 11.2 Å². The van der Waals surface area contributed by atoms with E-state index in [0.717, 1.165) is 5.56 Å². The topological polar surface area (TPSA) is 82.6 Å². The molecular weight excluding hydrogens is 351 g/mol. The molecule has 0 aliphatic carbocycles. The Morgan fingerprint density at radius 1 is 1.37 bits per heavy atom. The number of aryl methyl sites for hydroxylation is 1. The summed E-state index contributed by atoms with van der Waals surface area (Å²) in [5.41, 5.74) is 1.65. The van der Waals surface area contributed by atoms with Crippen LogP contribution in [0.4, 0.5) is 9.18 Å². The Kier molecular flexibility index (Phi) is 5.72. The van der Waals surface area contributed by atoms with Gasteiger partial charge in [0, 0.05) is 32.2 Å². The summed E-state index contributed by atoms with van der Waals surface area (Å²) < 4.78 is 24.4. The lowest BCUT2D eigenvalue weighted by atomic mass is 10.1. The molecule has 1 saturated heterocycles. The van der Waals surface area contributed by atoms with Crippen LogP contribution in [0.5, 0.6) is 0 Å². The number of rotatable bonds is 4. The quantitative estimate of drug-likeness (QED) is 0.820. The number of amides is 1. The van der Waals surface area contributed by atoms with Crippen LogP contribution in [0.1, 0.15) is 24.2 Å². The zero-order chi connectivity index (χ0) is 19.4. The molecule has 2 aromatic rings. The van der Waals surface area contributed by atoms with Gasteiger partial charge >= 0.3 is 6.09 Å². The molecule has 0 radical (unpaired) electrons. The summed E-state index contributed by atoms with van der Waals surface area (Å²) in [5.74, 6) is -0.114. The van der Waals surface area contributed by atoms with Crippen LogP contribution >= 0.6 is 0 Å². The number of carbonyl (C=O) groups is 1. The zero-order valence-electron chi connectivity index (χ0n) is 15.3. The Morgan fingerprint density at radius 3 is 2.78 bits per heavy atom. The van der Waals surface area contributed by atoms with Gasteiger partial charge in [0.15, 0.2) is 5.76 Å². The summed E-state index contributed by atoms with van der Waals surface area (Å²) in [4.78, 5) is 15.3. The second-order valence-electron chi connectivity index (χ2n) is 6.35. The molecule has 1 amide bonds. The summed E-state index contributed by atoms with van der Waals surface area (Å²) in [6.07, 6.45) is -0.343. The second-order valence-corrected chi connectivity index (χ2v) is 6.35. The molecule has 0 bridgehead atoms. The van der Waals surface area contributed by atoms with Gasteiger partial charge in [-0.1, -0.05) is 16.8 Å². The first-order valence-electron chi connectivity index (χ1n) is 8.82. The highest BCUT2D eigenvalue weighted by atomic mass is 19.1. The zero-order valence-corrected chi connectivity index (χ0v) is 15.3. The molecule has 2 heterocycles. The third kappa shape index (κ3) is 4.09. The monoisotopic (exact) mass is 372 g/mol. The van der Waals surface area contributed by atoms with E-state index in [0.29, 0.717) is 44.0 Å². The number of hydrogen-bond donors (Lipinski definition) is 0. The largest absolute Gasteiger partial charge is 0.450 e. The molecule has 0 spiro atoms. The fourth-order valence-corrected chi connectivity index (χ4v) is 3.08. The lowest BCUT2D eigenvalue weighted by molar-refractivity contribution is 0.0724. The molecule has 27 heavy (non-hydrogen) atoms. The molecule has 1 aromatic heterocycles. The van der Waals surface area contributed by atoms with E-state index in [1.54, 1.807) is 30.0 Å². The smallest absolute Gasteiger partial charge is 0.409 e. The average Bonchev–Trinajstić information content (AvgIpc) is 3.14. The van der Waals surface area contributed by atoms with Crippen LogP contribution in [0.3, 0.4) is 0 Å². The van der Waals surface area contributed by atoms with Gasteiger partial charge in [0.1, 0.15) is 17.6 Å². The molecule has 8 heteroatoms. The van der Waals surface area contributed by atoms with Crippen molar-refractivity contribution in [1.29, 1.82) is 5.26 Å². The van der Waals surface area contributed by atoms with Crippen molar-refractivity contribution in [2.24, 2.45) is 0 Å². The van der Waals surface area contributed by atoms with Crippen LogP contribution in [0.25, 0.3) is 11.3 Å². The van der Waals surface area contributed by atoms with E-state index in [-0.39, 0.29) is 11.9 Å². The van der Waals surface area contributed by atoms with Gasteiger partial charge in [-0.25, -0.2) is 9.18 Å². The minimum absolute atomic E-state index is 0.289. The van der Waals surface area contributed by atoms with Gasteiger partial charge in [-0.3, -0.25) is 4.90 Å². The van der Waals surface area contributed by atoms with Gasteiger partial charge in [0.05, 0.1) is 18.2 Å². The Balaban J connectivity index is 1.73. The van der Waals surface area contributed by atoms with Crippen molar-refractivity contribution < 1.29 is 18.4 Å². The highest BCUT2D eigenvalue weighted by molar-refractivity contribution is 5.67. The van der Waals surface area contributed by atoms with Crippen LogP contribution in [-0.2, 0) is 4.74 Å². The molecule has 0 N–H and O–H groups in total. The molecule has 7 nitrogen and oxygen atoms in total. The molecular formula is C19H21FN4O3.